The Morgan fingerprint density at radius 1 is 1.59 bits per heavy atom. The van der Waals surface area contributed by atoms with Crippen LogP contribution in [0.25, 0.3) is 0 Å². The molecule has 0 amide bonds. The van der Waals surface area contributed by atoms with E-state index in [0.29, 0.717) is 11.3 Å². The van der Waals surface area contributed by atoms with Gasteiger partial charge in [0.25, 0.3) is 5.69 Å². The molecule has 1 aliphatic carbocycles. The standard InChI is InChI=1S/C12H13N3O2/c1-12(2)6-11(12)14-9-4-3-8(7-13)5-10(9)15(16)17/h3-5,11,14H,6H2,1-2H3. The number of benzene rings is 1. The van der Waals surface area contributed by atoms with Crippen molar-refractivity contribution in [2.24, 2.45) is 5.41 Å². The number of hydrogen-bond acceptors (Lipinski definition) is 4. The van der Waals surface area contributed by atoms with Gasteiger partial charge in [0.1, 0.15) is 5.69 Å². The molecule has 5 nitrogen and oxygen atoms in total. The van der Waals surface area contributed by atoms with Crippen LogP contribution < -0.4 is 5.32 Å². The molecule has 0 radical (unpaired) electrons. The van der Waals surface area contributed by atoms with E-state index >= 15 is 0 Å². The first-order valence-corrected chi connectivity index (χ1v) is 5.39. The van der Waals surface area contributed by atoms with E-state index in [9.17, 15) is 10.1 Å². The molecule has 1 saturated carbocycles. The Bertz CT molecular complexity index is 517. The highest BCUT2D eigenvalue weighted by molar-refractivity contribution is 5.65. The molecular formula is C12H13N3O2. The van der Waals surface area contributed by atoms with Crippen molar-refractivity contribution in [1.29, 1.82) is 5.26 Å². The van der Waals surface area contributed by atoms with Crippen LogP contribution in [0.5, 0.6) is 0 Å². The van der Waals surface area contributed by atoms with Crippen molar-refractivity contribution in [2.45, 2.75) is 26.3 Å². The van der Waals surface area contributed by atoms with Crippen molar-refractivity contribution in [3.05, 3.63) is 33.9 Å². The molecule has 0 bridgehead atoms. The molecule has 2 rings (SSSR count). The summed E-state index contributed by atoms with van der Waals surface area (Å²) in [4.78, 5) is 10.4. The van der Waals surface area contributed by atoms with Gasteiger partial charge < -0.3 is 5.32 Å². The summed E-state index contributed by atoms with van der Waals surface area (Å²) in [6.45, 7) is 4.22. The third-order valence-corrected chi connectivity index (χ3v) is 3.17. The van der Waals surface area contributed by atoms with Crippen LogP contribution in [-0.4, -0.2) is 11.0 Å². The lowest BCUT2D eigenvalue weighted by Gasteiger charge is -2.08. The fourth-order valence-corrected chi connectivity index (χ4v) is 1.78. The topological polar surface area (TPSA) is 79.0 Å². The summed E-state index contributed by atoms with van der Waals surface area (Å²) >= 11 is 0. The molecule has 1 aliphatic rings. The zero-order valence-corrected chi connectivity index (χ0v) is 9.73. The Labute approximate surface area is 99.2 Å². The maximum absolute atomic E-state index is 10.9. The number of rotatable bonds is 3. The molecule has 0 spiro atoms. The highest BCUT2D eigenvalue weighted by Crippen LogP contribution is 2.47. The number of nitriles is 1. The maximum atomic E-state index is 10.9. The van der Waals surface area contributed by atoms with E-state index < -0.39 is 4.92 Å². The van der Waals surface area contributed by atoms with Gasteiger partial charge in [0.2, 0.25) is 0 Å². The second-order valence-electron chi connectivity index (χ2n) is 4.99. The summed E-state index contributed by atoms with van der Waals surface area (Å²) in [6, 6.07) is 6.67. The maximum Gasteiger partial charge on any atom is 0.293 e. The van der Waals surface area contributed by atoms with Crippen molar-refractivity contribution in [3.63, 3.8) is 0 Å². The monoisotopic (exact) mass is 231 g/mol. The molecule has 1 aromatic carbocycles. The number of nitrogens with one attached hydrogen (secondary N) is 1. The first-order valence-electron chi connectivity index (χ1n) is 5.39. The minimum absolute atomic E-state index is 0.0354. The van der Waals surface area contributed by atoms with Gasteiger partial charge in [0.15, 0.2) is 0 Å². The van der Waals surface area contributed by atoms with Crippen molar-refractivity contribution >= 4 is 11.4 Å². The van der Waals surface area contributed by atoms with Crippen LogP contribution in [0.1, 0.15) is 25.8 Å². The number of nitrogens with zero attached hydrogens (tertiary/aromatic N) is 2. The Morgan fingerprint density at radius 2 is 2.24 bits per heavy atom. The first-order chi connectivity index (χ1) is 7.94. The van der Waals surface area contributed by atoms with Gasteiger partial charge in [-0.25, -0.2) is 0 Å². The van der Waals surface area contributed by atoms with Gasteiger partial charge in [0.05, 0.1) is 16.6 Å². The quantitative estimate of drug-likeness (QED) is 0.640. The highest BCUT2D eigenvalue weighted by atomic mass is 16.6. The fourth-order valence-electron chi connectivity index (χ4n) is 1.78. The van der Waals surface area contributed by atoms with Crippen molar-refractivity contribution in [3.8, 4) is 6.07 Å². The molecule has 1 fully saturated rings. The van der Waals surface area contributed by atoms with E-state index in [1.807, 2.05) is 6.07 Å². The van der Waals surface area contributed by atoms with Gasteiger partial charge in [-0.05, 0) is 24.0 Å². The molecule has 0 aromatic heterocycles. The molecule has 1 N–H and O–H groups in total. The number of nitro groups is 1. The predicted octanol–water partition coefficient (Wildman–Crippen LogP) is 2.68. The van der Waals surface area contributed by atoms with Crippen molar-refractivity contribution in [1.82, 2.24) is 0 Å². The van der Waals surface area contributed by atoms with Gasteiger partial charge >= 0.3 is 0 Å². The van der Waals surface area contributed by atoms with E-state index in [2.05, 4.69) is 19.2 Å². The largest absolute Gasteiger partial charge is 0.376 e. The summed E-state index contributed by atoms with van der Waals surface area (Å²) < 4.78 is 0. The van der Waals surface area contributed by atoms with E-state index in [-0.39, 0.29) is 17.1 Å². The Balaban J connectivity index is 2.28. The van der Waals surface area contributed by atoms with Crippen LogP contribution in [0.3, 0.4) is 0 Å². The Hall–Kier alpha value is -2.09. The minimum atomic E-state index is -0.460. The van der Waals surface area contributed by atoms with Gasteiger partial charge in [-0.2, -0.15) is 5.26 Å². The fraction of sp³-hybridized carbons (Fsp3) is 0.417. The number of nitro benzene ring substituents is 1. The lowest BCUT2D eigenvalue weighted by atomic mass is 10.1. The van der Waals surface area contributed by atoms with Gasteiger partial charge in [-0.3, -0.25) is 10.1 Å². The minimum Gasteiger partial charge on any atom is -0.376 e. The van der Waals surface area contributed by atoms with E-state index in [1.165, 1.54) is 6.07 Å². The van der Waals surface area contributed by atoms with Crippen LogP contribution in [0.2, 0.25) is 0 Å². The van der Waals surface area contributed by atoms with E-state index in [4.69, 9.17) is 5.26 Å². The molecule has 1 atom stereocenters. The van der Waals surface area contributed by atoms with Crippen LogP contribution in [-0.2, 0) is 0 Å². The molecule has 0 aliphatic heterocycles. The lowest BCUT2D eigenvalue weighted by Crippen LogP contribution is -2.10. The third kappa shape index (κ3) is 2.21. The molecule has 1 unspecified atom stereocenters. The van der Waals surface area contributed by atoms with E-state index in [0.717, 1.165) is 6.42 Å². The molecule has 0 heterocycles. The summed E-state index contributed by atoms with van der Waals surface area (Å²) in [5.74, 6) is 0. The van der Waals surface area contributed by atoms with Gasteiger partial charge in [-0.15, -0.1) is 0 Å². The lowest BCUT2D eigenvalue weighted by molar-refractivity contribution is -0.384. The smallest absolute Gasteiger partial charge is 0.293 e. The molecule has 88 valence electrons. The molecule has 5 heteroatoms. The normalized spacial score (nSPS) is 20.4. The Morgan fingerprint density at radius 3 is 2.71 bits per heavy atom. The predicted molar refractivity (Wildman–Crippen MR) is 63.6 cm³/mol. The van der Waals surface area contributed by atoms with Crippen LogP contribution >= 0.6 is 0 Å². The first kappa shape index (κ1) is 11.4. The zero-order valence-electron chi connectivity index (χ0n) is 9.73. The SMILES string of the molecule is CC1(C)CC1Nc1ccc(C#N)cc1[N+](=O)[O-]. The average molecular weight is 231 g/mol. The number of anilines is 1. The molecular weight excluding hydrogens is 218 g/mol. The number of hydrogen-bond donors (Lipinski definition) is 1. The molecule has 17 heavy (non-hydrogen) atoms. The second-order valence-corrected chi connectivity index (χ2v) is 4.99. The Kier molecular flexibility index (Phi) is 2.50. The van der Waals surface area contributed by atoms with Gasteiger partial charge in [-0.1, -0.05) is 13.8 Å². The molecule has 0 saturated heterocycles. The van der Waals surface area contributed by atoms with E-state index in [1.54, 1.807) is 12.1 Å². The second kappa shape index (κ2) is 3.74. The van der Waals surface area contributed by atoms with Crippen molar-refractivity contribution < 1.29 is 4.92 Å². The molecule has 1 aromatic rings. The van der Waals surface area contributed by atoms with Crippen LogP contribution in [0.15, 0.2) is 18.2 Å². The average Bonchev–Trinajstić information content (AvgIpc) is 2.86. The summed E-state index contributed by atoms with van der Waals surface area (Å²) in [5, 5.41) is 22.8. The highest BCUT2D eigenvalue weighted by Gasteiger charge is 2.46. The third-order valence-electron chi connectivity index (χ3n) is 3.17. The summed E-state index contributed by atoms with van der Waals surface area (Å²) in [6.07, 6.45) is 1.00. The zero-order chi connectivity index (χ0) is 12.6. The van der Waals surface area contributed by atoms with Crippen molar-refractivity contribution in [2.75, 3.05) is 5.32 Å². The van der Waals surface area contributed by atoms with Crippen LogP contribution in [0.4, 0.5) is 11.4 Å². The van der Waals surface area contributed by atoms with Crippen LogP contribution in [0, 0.1) is 26.9 Å². The summed E-state index contributed by atoms with van der Waals surface area (Å²) in [7, 11) is 0. The van der Waals surface area contributed by atoms with Gasteiger partial charge in [0, 0.05) is 12.1 Å². The summed E-state index contributed by atoms with van der Waals surface area (Å²) in [5.41, 5.74) is 0.954.